The van der Waals surface area contributed by atoms with E-state index in [9.17, 15) is 19.5 Å². The van der Waals surface area contributed by atoms with E-state index < -0.39 is 23.9 Å². The number of rotatable bonds is 9. The molecule has 7 N–H and O–H groups in total. The first-order valence-electron chi connectivity index (χ1n) is 10.0. The van der Waals surface area contributed by atoms with E-state index in [4.69, 9.17) is 16.6 Å². The van der Waals surface area contributed by atoms with Gasteiger partial charge < -0.3 is 31.9 Å². The lowest BCUT2D eigenvalue weighted by molar-refractivity contribution is -0.140. The Kier molecular flexibility index (Phi) is 6.91. The Morgan fingerprint density at radius 2 is 1.76 bits per heavy atom. The lowest BCUT2D eigenvalue weighted by Crippen LogP contribution is -2.41. The zero-order chi connectivity index (χ0) is 24.1. The third kappa shape index (κ3) is 5.85. The van der Waals surface area contributed by atoms with Crippen LogP contribution in [0.25, 0.3) is 10.9 Å². The lowest BCUT2D eigenvalue weighted by atomic mass is 10.1. The minimum absolute atomic E-state index is 0.116. The van der Waals surface area contributed by atoms with Crippen molar-refractivity contribution in [3.63, 3.8) is 0 Å². The Hall–Kier alpha value is -4.41. The fourth-order valence-corrected chi connectivity index (χ4v) is 3.32. The minimum atomic E-state index is -1.29. The quantitative estimate of drug-likeness (QED) is 0.318. The van der Waals surface area contributed by atoms with Gasteiger partial charge in [-0.1, -0.05) is 6.07 Å². The first-order chi connectivity index (χ1) is 15.6. The molecule has 0 fully saturated rings. The molecule has 1 atom stereocenters. The highest BCUT2D eigenvalue weighted by atomic mass is 16.4. The molecule has 0 aliphatic carbocycles. The summed E-state index contributed by atoms with van der Waals surface area (Å²) in [6.45, 7) is 0.543. The molecule has 0 saturated carbocycles. The fraction of sp³-hybridized carbons (Fsp3) is 0.227. The minimum Gasteiger partial charge on any atom is -0.481 e. The summed E-state index contributed by atoms with van der Waals surface area (Å²) in [7, 11) is 1.88. The molecule has 0 spiro atoms. The Morgan fingerprint density at radius 1 is 1.06 bits per heavy atom. The number of carbonyl (C=O) groups excluding carboxylic acids is 1. The summed E-state index contributed by atoms with van der Waals surface area (Å²) in [6, 6.07) is 11.0. The third-order valence-electron chi connectivity index (χ3n) is 5.05. The largest absolute Gasteiger partial charge is 0.481 e. The summed E-state index contributed by atoms with van der Waals surface area (Å²) in [6.07, 6.45) is -0.563. The van der Waals surface area contributed by atoms with Crippen LogP contribution in [-0.2, 0) is 16.1 Å². The summed E-state index contributed by atoms with van der Waals surface area (Å²) in [5, 5.41) is 21.0. The number of carbonyl (C=O) groups is 3. The van der Waals surface area contributed by atoms with Gasteiger partial charge in [0.15, 0.2) is 0 Å². The third-order valence-corrected chi connectivity index (χ3v) is 5.05. The molecule has 0 aliphatic rings. The molecular formula is C22H24N6O5. The van der Waals surface area contributed by atoms with E-state index in [-0.39, 0.29) is 24.4 Å². The predicted molar refractivity (Wildman–Crippen MR) is 123 cm³/mol. The molecule has 0 aliphatic heterocycles. The van der Waals surface area contributed by atoms with Gasteiger partial charge in [-0.25, -0.2) is 9.78 Å². The predicted octanol–water partition coefficient (Wildman–Crippen LogP) is 1.48. The van der Waals surface area contributed by atoms with Gasteiger partial charge in [0.2, 0.25) is 5.95 Å². The Labute approximate surface area is 189 Å². The molecule has 0 saturated heterocycles. The van der Waals surface area contributed by atoms with E-state index in [1.54, 1.807) is 24.3 Å². The van der Waals surface area contributed by atoms with Crippen molar-refractivity contribution in [2.24, 2.45) is 0 Å². The van der Waals surface area contributed by atoms with Crippen molar-refractivity contribution >= 4 is 46.2 Å². The number of anilines is 3. The van der Waals surface area contributed by atoms with Crippen molar-refractivity contribution in [2.75, 3.05) is 23.4 Å². The van der Waals surface area contributed by atoms with Crippen LogP contribution >= 0.6 is 0 Å². The summed E-state index contributed by atoms with van der Waals surface area (Å²) in [5.74, 6) is -2.59. The highest BCUT2D eigenvalue weighted by Gasteiger charge is 2.21. The molecule has 2 aromatic carbocycles. The number of benzene rings is 2. The number of nitrogens with one attached hydrogen (secondary N) is 1. The van der Waals surface area contributed by atoms with Crippen LogP contribution in [0.3, 0.4) is 0 Å². The smallest absolute Gasteiger partial charge is 0.326 e. The summed E-state index contributed by atoms with van der Waals surface area (Å²) in [4.78, 5) is 44.5. The highest BCUT2D eigenvalue weighted by Crippen LogP contribution is 2.22. The monoisotopic (exact) mass is 452 g/mol. The van der Waals surface area contributed by atoms with E-state index in [1.165, 1.54) is 0 Å². The highest BCUT2D eigenvalue weighted by molar-refractivity contribution is 5.97. The van der Waals surface area contributed by atoms with Crippen LogP contribution < -0.4 is 21.7 Å². The molecule has 11 heteroatoms. The maximum atomic E-state index is 12.4. The second-order valence-corrected chi connectivity index (χ2v) is 7.52. The van der Waals surface area contributed by atoms with Crippen molar-refractivity contribution < 1.29 is 24.6 Å². The molecule has 172 valence electrons. The number of carboxylic acids is 2. The van der Waals surface area contributed by atoms with Crippen molar-refractivity contribution in [3.05, 3.63) is 53.6 Å². The van der Waals surface area contributed by atoms with Crippen LogP contribution in [0.5, 0.6) is 0 Å². The van der Waals surface area contributed by atoms with Gasteiger partial charge in [0.05, 0.1) is 5.52 Å². The van der Waals surface area contributed by atoms with E-state index in [1.807, 2.05) is 30.1 Å². The van der Waals surface area contributed by atoms with Crippen molar-refractivity contribution in [1.82, 2.24) is 15.3 Å². The molecule has 1 unspecified atom stereocenters. The molecular weight excluding hydrogens is 428 g/mol. The average molecular weight is 452 g/mol. The molecule has 0 bridgehead atoms. The number of carboxylic acid groups (broad SMARTS) is 2. The first-order valence-corrected chi connectivity index (χ1v) is 10.0. The molecule has 0 radical (unpaired) electrons. The van der Waals surface area contributed by atoms with Crippen molar-refractivity contribution in [2.45, 2.75) is 25.4 Å². The van der Waals surface area contributed by atoms with E-state index >= 15 is 0 Å². The van der Waals surface area contributed by atoms with Gasteiger partial charge in [0.25, 0.3) is 5.91 Å². The van der Waals surface area contributed by atoms with Gasteiger partial charge >= 0.3 is 11.9 Å². The Morgan fingerprint density at radius 3 is 2.39 bits per heavy atom. The van der Waals surface area contributed by atoms with Crippen LogP contribution in [0.1, 0.15) is 28.8 Å². The zero-order valence-electron chi connectivity index (χ0n) is 17.9. The van der Waals surface area contributed by atoms with Gasteiger partial charge in [-0.05, 0) is 48.4 Å². The maximum absolute atomic E-state index is 12.4. The Balaban J connectivity index is 1.67. The molecule has 3 rings (SSSR count). The van der Waals surface area contributed by atoms with Gasteiger partial charge in [-0.3, -0.25) is 9.59 Å². The van der Waals surface area contributed by atoms with Crippen LogP contribution in [0, 0.1) is 0 Å². The van der Waals surface area contributed by atoms with Crippen molar-refractivity contribution in [3.8, 4) is 0 Å². The van der Waals surface area contributed by atoms with Crippen LogP contribution in [0.15, 0.2) is 42.5 Å². The number of fused-ring (bicyclic) bond motifs is 1. The second-order valence-electron chi connectivity index (χ2n) is 7.52. The standard InChI is InChI=1S/C22H24N6O5/c1-28(11-12-2-7-16-15(10-12)19(23)27-22(24)26-16)14-5-3-13(4-6-14)20(31)25-17(21(32)33)8-9-18(29)30/h2-7,10,17H,8-9,11H2,1H3,(H,25,31)(H,29,30)(H,32,33)(H4,23,24,26,27). The summed E-state index contributed by atoms with van der Waals surface area (Å²) >= 11 is 0. The number of aromatic nitrogens is 2. The molecule has 33 heavy (non-hydrogen) atoms. The number of nitrogens with zero attached hydrogens (tertiary/aromatic N) is 3. The normalized spacial score (nSPS) is 11.7. The molecule has 3 aromatic rings. The van der Waals surface area contributed by atoms with E-state index in [2.05, 4.69) is 15.3 Å². The first kappa shape index (κ1) is 23.3. The van der Waals surface area contributed by atoms with E-state index in [0.29, 0.717) is 23.3 Å². The molecule has 11 nitrogen and oxygen atoms in total. The number of aliphatic carboxylic acids is 2. The van der Waals surface area contributed by atoms with Gasteiger partial charge in [-0.2, -0.15) is 4.98 Å². The maximum Gasteiger partial charge on any atom is 0.326 e. The number of hydrogen-bond donors (Lipinski definition) is 5. The Bertz CT molecular complexity index is 1200. The fourth-order valence-electron chi connectivity index (χ4n) is 3.32. The zero-order valence-corrected chi connectivity index (χ0v) is 17.9. The molecule has 1 amide bonds. The van der Waals surface area contributed by atoms with E-state index in [0.717, 1.165) is 11.3 Å². The van der Waals surface area contributed by atoms with Crippen LogP contribution in [-0.4, -0.2) is 51.1 Å². The summed E-state index contributed by atoms with van der Waals surface area (Å²) < 4.78 is 0. The van der Waals surface area contributed by atoms with Crippen molar-refractivity contribution in [1.29, 1.82) is 0 Å². The van der Waals surface area contributed by atoms with Crippen LogP contribution in [0.4, 0.5) is 17.5 Å². The average Bonchev–Trinajstić information content (AvgIpc) is 2.76. The number of hydrogen-bond acceptors (Lipinski definition) is 8. The number of amides is 1. The van der Waals surface area contributed by atoms with Crippen LogP contribution in [0.2, 0.25) is 0 Å². The van der Waals surface area contributed by atoms with Gasteiger partial charge in [-0.15, -0.1) is 0 Å². The lowest BCUT2D eigenvalue weighted by Gasteiger charge is -2.20. The molecule has 1 heterocycles. The number of nitrogens with two attached hydrogens (primary N) is 2. The SMILES string of the molecule is CN(Cc1ccc2nc(N)nc(N)c2c1)c1ccc(C(=O)NC(CCC(=O)O)C(=O)O)cc1. The van der Waals surface area contributed by atoms with Gasteiger partial charge in [0, 0.05) is 36.7 Å². The topological polar surface area (TPSA) is 185 Å². The molecule has 1 aromatic heterocycles. The summed E-state index contributed by atoms with van der Waals surface area (Å²) in [5.41, 5.74) is 14.3. The second kappa shape index (κ2) is 9.81. The number of nitrogen functional groups attached to an aromatic ring is 2. The van der Waals surface area contributed by atoms with Gasteiger partial charge in [0.1, 0.15) is 11.9 Å².